The van der Waals surface area contributed by atoms with E-state index in [0.29, 0.717) is 24.9 Å². The zero-order chi connectivity index (χ0) is 15.6. The topological polar surface area (TPSA) is 34.9 Å². The van der Waals surface area contributed by atoms with Crippen molar-refractivity contribution in [2.75, 3.05) is 0 Å². The second-order valence-electron chi connectivity index (χ2n) is 4.94. The van der Waals surface area contributed by atoms with Gasteiger partial charge in [-0.3, -0.25) is 9.48 Å². The Kier molecular flexibility index (Phi) is 4.78. The summed E-state index contributed by atoms with van der Waals surface area (Å²) in [6.07, 6.45) is 1.40. The van der Waals surface area contributed by atoms with E-state index in [1.165, 1.54) is 12.1 Å². The zero-order valence-electron chi connectivity index (χ0n) is 12.4. The molecule has 2 aromatic rings. The van der Waals surface area contributed by atoms with Crippen LogP contribution in [0.2, 0.25) is 5.02 Å². The molecule has 2 rings (SSSR count). The summed E-state index contributed by atoms with van der Waals surface area (Å²) in [6.45, 7) is 5.95. The molecule has 3 nitrogen and oxygen atoms in total. The molecule has 1 aromatic heterocycles. The van der Waals surface area contributed by atoms with Gasteiger partial charge in [0.25, 0.3) is 0 Å². The third-order valence-corrected chi connectivity index (χ3v) is 3.77. The molecular weight excluding hydrogens is 291 g/mol. The van der Waals surface area contributed by atoms with E-state index in [2.05, 4.69) is 5.10 Å². The molecule has 0 saturated carbocycles. The van der Waals surface area contributed by atoms with Gasteiger partial charge in [0, 0.05) is 5.69 Å². The maximum absolute atomic E-state index is 13.5. The molecule has 0 N–H and O–H groups in total. The Labute approximate surface area is 128 Å². The van der Waals surface area contributed by atoms with Gasteiger partial charge in [0.2, 0.25) is 0 Å². The number of carbonyl (C=O) groups is 1. The lowest BCUT2D eigenvalue weighted by Crippen LogP contribution is -2.08. The van der Waals surface area contributed by atoms with Crippen LogP contribution in [0.25, 0.3) is 0 Å². The van der Waals surface area contributed by atoms with Gasteiger partial charge < -0.3 is 0 Å². The fourth-order valence-electron chi connectivity index (χ4n) is 2.51. The van der Waals surface area contributed by atoms with Crippen molar-refractivity contribution in [3.63, 3.8) is 0 Å². The molecule has 0 fully saturated rings. The van der Waals surface area contributed by atoms with E-state index < -0.39 is 5.82 Å². The minimum atomic E-state index is -0.443. The number of halogens is 2. The largest absolute Gasteiger partial charge is 0.294 e. The fraction of sp³-hybridized carbons (Fsp3) is 0.375. The Morgan fingerprint density at radius 3 is 2.57 bits per heavy atom. The quantitative estimate of drug-likeness (QED) is 0.781. The van der Waals surface area contributed by atoms with Gasteiger partial charge in [-0.15, -0.1) is 0 Å². The lowest BCUT2D eigenvalue weighted by Gasteiger charge is -2.07. The van der Waals surface area contributed by atoms with Crippen molar-refractivity contribution >= 4 is 17.4 Å². The number of rotatable bonds is 5. The highest BCUT2D eigenvalue weighted by molar-refractivity contribution is 6.30. The summed E-state index contributed by atoms with van der Waals surface area (Å²) >= 11 is 5.69. The lowest BCUT2D eigenvalue weighted by atomic mass is 10.1. The van der Waals surface area contributed by atoms with Crippen LogP contribution in [0.15, 0.2) is 18.2 Å². The van der Waals surface area contributed by atoms with E-state index in [4.69, 9.17) is 11.6 Å². The second kappa shape index (κ2) is 6.39. The van der Waals surface area contributed by atoms with E-state index >= 15 is 0 Å². The molecule has 112 valence electrons. The van der Waals surface area contributed by atoms with Gasteiger partial charge in [-0.05, 0) is 37.5 Å². The van der Waals surface area contributed by atoms with Crippen LogP contribution in [0, 0.1) is 5.82 Å². The van der Waals surface area contributed by atoms with E-state index in [9.17, 15) is 9.18 Å². The fourth-order valence-corrected chi connectivity index (χ4v) is 2.62. The highest BCUT2D eigenvalue weighted by atomic mass is 35.5. The minimum absolute atomic E-state index is 0.0252. The maximum atomic E-state index is 13.5. The van der Waals surface area contributed by atoms with Gasteiger partial charge in [0.05, 0.1) is 22.8 Å². The van der Waals surface area contributed by atoms with Crippen molar-refractivity contribution in [3.8, 4) is 0 Å². The van der Waals surface area contributed by atoms with Crippen LogP contribution >= 0.6 is 11.6 Å². The molecule has 0 unspecified atom stereocenters. The average molecular weight is 309 g/mol. The average Bonchev–Trinajstić information content (AvgIpc) is 2.80. The molecule has 21 heavy (non-hydrogen) atoms. The maximum Gasteiger partial charge on any atom is 0.163 e. The van der Waals surface area contributed by atoms with E-state index in [-0.39, 0.29) is 10.8 Å². The van der Waals surface area contributed by atoms with E-state index in [1.807, 2.05) is 13.8 Å². The number of carbonyl (C=O) groups excluding carboxylic acids is 1. The molecule has 0 aliphatic heterocycles. The van der Waals surface area contributed by atoms with Gasteiger partial charge >= 0.3 is 0 Å². The van der Waals surface area contributed by atoms with Crippen molar-refractivity contribution in [2.45, 2.75) is 40.2 Å². The first kappa shape index (κ1) is 15.7. The number of ketones is 1. The zero-order valence-corrected chi connectivity index (χ0v) is 13.2. The van der Waals surface area contributed by atoms with Crippen molar-refractivity contribution in [3.05, 3.63) is 51.6 Å². The predicted octanol–water partition coefficient (Wildman–Crippen LogP) is 4.05. The molecule has 0 aliphatic carbocycles. The third kappa shape index (κ3) is 3.16. The molecule has 0 radical (unpaired) electrons. The highest BCUT2D eigenvalue weighted by Crippen LogP contribution is 2.20. The number of aromatic nitrogens is 2. The molecule has 5 heteroatoms. The van der Waals surface area contributed by atoms with Crippen molar-refractivity contribution < 1.29 is 9.18 Å². The molecular formula is C16H18ClFN2O. The van der Waals surface area contributed by atoms with Crippen molar-refractivity contribution in [2.24, 2.45) is 0 Å². The number of Topliss-reactive ketones (excluding diaryl/α,β-unsaturated/α-hetero) is 1. The number of hydrogen-bond acceptors (Lipinski definition) is 2. The normalized spacial score (nSPS) is 10.9. The Bertz CT molecular complexity index is 679. The van der Waals surface area contributed by atoms with Crippen LogP contribution in [-0.4, -0.2) is 15.6 Å². The summed E-state index contributed by atoms with van der Waals surface area (Å²) in [7, 11) is 0. The molecule has 1 heterocycles. The van der Waals surface area contributed by atoms with Crippen molar-refractivity contribution in [1.29, 1.82) is 0 Å². The summed E-state index contributed by atoms with van der Waals surface area (Å²) in [5.74, 6) is -0.417. The molecule has 0 atom stereocenters. The Morgan fingerprint density at radius 2 is 2.05 bits per heavy atom. The van der Waals surface area contributed by atoms with Crippen LogP contribution < -0.4 is 0 Å². The first-order chi connectivity index (χ1) is 9.97. The first-order valence-corrected chi connectivity index (χ1v) is 7.39. The van der Waals surface area contributed by atoms with Crippen LogP contribution in [0.3, 0.4) is 0 Å². The van der Waals surface area contributed by atoms with Gasteiger partial charge in [0.1, 0.15) is 5.82 Å². The number of aryl methyl sites for hydroxylation is 1. The Balaban J connectivity index is 2.44. The lowest BCUT2D eigenvalue weighted by molar-refractivity contribution is 0.101. The summed E-state index contributed by atoms with van der Waals surface area (Å²) in [5.41, 5.74) is 3.17. The molecule has 0 aliphatic rings. The van der Waals surface area contributed by atoms with E-state index in [1.54, 1.807) is 17.7 Å². The van der Waals surface area contributed by atoms with Crippen LogP contribution in [-0.2, 0) is 19.4 Å². The van der Waals surface area contributed by atoms with Crippen LogP contribution in [0.4, 0.5) is 4.39 Å². The summed E-state index contributed by atoms with van der Waals surface area (Å²) in [4.78, 5) is 11.8. The molecule has 0 spiro atoms. The minimum Gasteiger partial charge on any atom is -0.294 e. The molecule has 0 saturated heterocycles. The van der Waals surface area contributed by atoms with Gasteiger partial charge in [-0.25, -0.2) is 4.39 Å². The third-order valence-electron chi connectivity index (χ3n) is 3.47. The smallest absolute Gasteiger partial charge is 0.163 e. The number of benzene rings is 1. The monoisotopic (exact) mass is 308 g/mol. The van der Waals surface area contributed by atoms with E-state index in [0.717, 1.165) is 17.0 Å². The predicted molar refractivity (Wildman–Crippen MR) is 81.5 cm³/mol. The molecule has 0 bridgehead atoms. The molecule has 0 amide bonds. The SMILES string of the molecule is CCc1nn(Cc2ccc(Cl)c(F)c2)c(CC)c1C(C)=O. The first-order valence-electron chi connectivity index (χ1n) is 7.01. The van der Waals surface area contributed by atoms with Crippen molar-refractivity contribution in [1.82, 2.24) is 9.78 Å². The van der Waals surface area contributed by atoms with Gasteiger partial charge in [-0.2, -0.15) is 5.10 Å². The standard InChI is InChI=1S/C16H18ClFN2O/c1-4-14-16(10(3)21)15(5-2)20(19-14)9-11-6-7-12(17)13(18)8-11/h6-8H,4-5,9H2,1-3H3. The second-order valence-corrected chi connectivity index (χ2v) is 5.34. The van der Waals surface area contributed by atoms with Crippen LogP contribution in [0.5, 0.6) is 0 Å². The summed E-state index contributed by atoms with van der Waals surface area (Å²) < 4.78 is 15.3. The summed E-state index contributed by atoms with van der Waals surface area (Å²) in [6, 6.07) is 4.71. The Morgan fingerprint density at radius 1 is 1.33 bits per heavy atom. The Hall–Kier alpha value is -1.68. The number of nitrogens with zero attached hydrogens (tertiary/aromatic N) is 2. The molecule has 1 aromatic carbocycles. The van der Waals surface area contributed by atoms with Gasteiger partial charge in [-0.1, -0.05) is 31.5 Å². The van der Waals surface area contributed by atoms with Gasteiger partial charge in [0.15, 0.2) is 5.78 Å². The summed E-state index contributed by atoms with van der Waals surface area (Å²) in [5, 5.41) is 4.61. The number of hydrogen-bond donors (Lipinski definition) is 0. The highest BCUT2D eigenvalue weighted by Gasteiger charge is 2.19. The van der Waals surface area contributed by atoms with Crippen LogP contribution in [0.1, 0.15) is 48.1 Å².